The maximum atomic E-state index is 9.22. The van der Waals surface area contributed by atoms with Crippen LogP contribution >= 0.6 is 95.6 Å². The molecule has 2 nitrogen and oxygen atoms in total. The molecule has 0 aliphatic carbocycles. The molecular formula is C12H6Br6O2. The SMILES string of the molecule is Oc1c(Br)cc(Br)cc1Br.Oc1ccc(Br)c(Br)c1Br. The fourth-order valence-electron chi connectivity index (χ4n) is 1.05. The minimum Gasteiger partial charge on any atom is -0.507 e. The summed E-state index contributed by atoms with van der Waals surface area (Å²) in [5, 5.41) is 18.3. The van der Waals surface area contributed by atoms with E-state index in [1.54, 1.807) is 24.3 Å². The number of halogens is 6. The van der Waals surface area contributed by atoms with Crippen molar-refractivity contribution in [2.24, 2.45) is 0 Å². The monoisotopic (exact) mass is 656 g/mol. The van der Waals surface area contributed by atoms with Gasteiger partial charge in [-0.3, -0.25) is 0 Å². The Morgan fingerprint density at radius 3 is 1.60 bits per heavy atom. The van der Waals surface area contributed by atoms with Gasteiger partial charge in [0.25, 0.3) is 0 Å². The van der Waals surface area contributed by atoms with E-state index in [4.69, 9.17) is 5.11 Å². The van der Waals surface area contributed by atoms with Gasteiger partial charge in [-0.05, 0) is 104 Å². The van der Waals surface area contributed by atoms with Gasteiger partial charge in [0.15, 0.2) is 0 Å². The average Bonchev–Trinajstić information content (AvgIpc) is 2.39. The van der Waals surface area contributed by atoms with E-state index in [0.29, 0.717) is 13.4 Å². The van der Waals surface area contributed by atoms with Crippen LogP contribution < -0.4 is 0 Å². The number of rotatable bonds is 0. The maximum Gasteiger partial charge on any atom is 0.144 e. The van der Waals surface area contributed by atoms with Crippen molar-refractivity contribution < 1.29 is 10.2 Å². The van der Waals surface area contributed by atoms with E-state index in [2.05, 4.69) is 95.6 Å². The van der Waals surface area contributed by atoms with Crippen molar-refractivity contribution in [3.63, 3.8) is 0 Å². The lowest BCUT2D eigenvalue weighted by atomic mass is 10.3. The largest absolute Gasteiger partial charge is 0.507 e. The molecule has 0 aromatic heterocycles. The van der Waals surface area contributed by atoms with Crippen LogP contribution in [0.3, 0.4) is 0 Å². The Balaban J connectivity index is 0.000000200. The molecule has 8 heteroatoms. The summed E-state index contributed by atoms with van der Waals surface area (Å²) in [6.45, 7) is 0. The quantitative estimate of drug-likeness (QED) is 0.290. The molecular weight excluding hydrogens is 656 g/mol. The van der Waals surface area contributed by atoms with Crippen LogP contribution in [-0.4, -0.2) is 10.2 Å². The first kappa shape index (κ1) is 19.0. The van der Waals surface area contributed by atoms with Gasteiger partial charge in [-0.25, -0.2) is 0 Å². The van der Waals surface area contributed by atoms with Gasteiger partial charge in [-0.2, -0.15) is 0 Å². The van der Waals surface area contributed by atoms with Gasteiger partial charge < -0.3 is 10.2 Å². The Bertz CT molecular complexity index is 580. The second-order valence-corrected chi connectivity index (χ2v) is 8.48. The smallest absolute Gasteiger partial charge is 0.144 e. The molecule has 0 amide bonds. The van der Waals surface area contributed by atoms with Gasteiger partial charge in [0.2, 0.25) is 0 Å². The van der Waals surface area contributed by atoms with E-state index in [9.17, 15) is 5.11 Å². The van der Waals surface area contributed by atoms with Gasteiger partial charge in [-0.1, -0.05) is 15.9 Å². The van der Waals surface area contributed by atoms with E-state index < -0.39 is 0 Å². The molecule has 2 aromatic carbocycles. The summed E-state index contributed by atoms with van der Waals surface area (Å²) in [5.74, 6) is 0.457. The van der Waals surface area contributed by atoms with E-state index in [1.807, 2.05) is 0 Å². The summed E-state index contributed by atoms with van der Waals surface area (Å²) in [7, 11) is 0. The Hall–Kier alpha value is 0.920. The van der Waals surface area contributed by atoms with Crippen LogP contribution in [0.2, 0.25) is 0 Å². The van der Waals surface area contributed by atoms with Crippen molar-refractivity contribution >= 4 is 95.6 Å². The van der Waals surface area contributed by atoms with Gasteiger partial charge >= 0.3 is 0 Å². The summed E-state index contributed by atoms with van der Waals surface area (Å²) < 4.78 is 4.68. The zero-order chi connectivity index (χ0) is 15.4. The molecule has 0 atom stereocenters. The van der Waals surface area contributed by atoms with Crippen LogP contribution in [0, 0.1) is 0 Å². The molecule has 0 spiro atoms. The highest BCUT2D eigenvalue weighted by molar-refractivity contribution is 9.14. The molecule has 0 saturated heterocycles. The third-order valence-electron chi connectivity index (χ3n) is 2.00. The highest BCUT2D eigenvalue weighted by atomic mass is 79.9. The third-order valence-corrected chi connectivity index (χ3v) is 7.01. The third kappa shape index (κ3) is 5.28. The predicted octanol–water partition coefficient (Wildman–Crippen LogP) is 7.36. The molecule has 2 aromatic rings. The van der Waals surface area contributed by atoms with Crippen molar-refractivity contribution in [2.45, 2.75) is 0 Å². The maximum absolute atomic E-state index is 9.22. The normalized spacial score (nSPS) is 9.90. The first-order valence-electron chi connectivity index (χ1n) is 4.90. The minimum absolute atomic E-state index is 0.225. The predicted molar refractivity (Wildman–Crippen MR) is 102 cm³/mol. The molecule has 2 rings (SSSR count). The van der Waals surface area contributed by atoms with Crippen LogP contribution in [0.5, 0.6) is 11.5 Å². The fourth-order valence-corrected chi connectivity index (χ4v) is 4.59. The first-order valence-corrected chi connectivity index (χ1v) is 9.65. The van der Waals surface area contributed by atoms with Crippen LogP contribution in [0.25, 0.3) is 0 Å². The molecule has 2 N–H and O–H groups in total. The number of phenolic OH excluding ortho intramolecular Hbond substituents is 2. The minimum atomic E-state index is 0.225. The summed E-state index contributed by atoms with van der Waals surface area (Å²) in [6.07, 6.45) is 0. The molecule has 0 heterocycles. The summed E-state index contributed by atoms with van der Waals surface area (Å²) in [4.78, 5) is 0. The topological polar surface area (TPSA) is 40.5 Å². The average molecular weight is 662 g/mol. The van der Waals surface area contributed by atoms with Crippen molar-refractivity contribution in [3.05, 3.63) is 51.1 Å². The molecule has 20 heavy (non-hydrogen) atoms. The van der Waals surface area contributed by atoms with Crippen LogP contribution in [0.1, 0.15) is 0 Å². The molecule has 0 bridgehead atoms. The van der Waals surface area contributed by atoms with Crippen molar-refractivity contribution in [1.29, 1.82) is 0 Å². The molecule has 0 fully saturated rings. The van der Waals surface area contributed by atoms with E-state index >= 15 is 0 Å². The molecule has 0 aliphatic heterocycles. The Morgan fingerprint density at radius 1 is 0.650 bits per heavy atom. The molecule has 0 aliphatic rings. The Kier molecular flexibility index (Phi) is 8.09. The zero-order valence-electron chi connectivity index (χ0n) is 9.47. The van der Waals surface area contributed by atoms with Crippen molar-refractivity contribution in [2.75, 3.05) is 0 Å². The highest BCUT2D eigenvalue weighted by Gasteiger charge is 2.05. The summed E-state index contributed by atoms with van der Waals surface area (Å²) in [6, 6.07) is 6.93. The second kappa shape index (κ2) is 8.53. The Labute approximate surface area is 166 Å². The Morgan fingerprint density at radius 2 is 1.15 bits per heavy atom. The van der Waals surface area contributed by atoms with Crippen LogP contribution in [0.15, 0.2) is 51.1 Å². The summed E-state index contributed by atoms with van der Waals surface area (Å²) in [5.41, 5.74) is 0. The van der Waals surface area contributed by atoms with Crippen molar-refractivity contribution in [1.82, 2.24) is 0 Å². The molecule has 0 unspecified atom stereocenters. The highest BCUT2D eigenvalue weighted by Crippen LogP contribution is 2.37. The molecule has 108 valence electrons. The standard InChI is InChI=1S/2C6H3Br3O/c7-3-1-4(8)6(10)5(9)2-3;7-3-1-2-4(10)6(9)5(3)8/h2*1-2,10H. The zero-order valence-corrected chi connectivity index (χ0v) is 19.0. The lowest BCUT2D eigenvalue weighted by Crippen LogP contribution is -1.72. The van der Waals surface area contributed by atoms with Crippen LogP contribution in [-0.2, 0) is 0 Å². The fraction of sp³-hybridized carbons (Fsp3) is 0. The summed E-state index contributed by atoms with van der Waals surface area (Å²) >= 11 is 19.4. The number of aromatic hydroxyl groups is 2. The van der Waals surface area contributed by atoms with Gasteiger partial charge in [0.1, 0.15) is 11.5 Å². The lowest BCUT2D eigenvalue weighted by Gasteiger charge is -2.00. The van der Waals surface area contributed by atoms with Crippen LogP contribution in [0.4, 0.5) is 0 Å². The first-order chi connectivity index (χ1) is 9.23. The van der Waals surface area contributed by atoms with Gasteiger partial charge in [0, 0.05) is 13.4 Å². The van der Waals surface area contributed by atoms with E-state index in [1.165, 1.54) is 0 Å². The molecule has 0 radical (unpaired) electrons. The number of benzene rings is 2. The lowest BCUT2D eigenvalue weighted by molar-refractivity contribution is 0.468. The van der Waals surface area contributed by atoms with Crippen molar-refractivity contribution in [3.8, 4) is 11.5 Å². The number of hydrogen-bond donors (Lipinski definition) is 2. The van der Waals surface area contributed by atoms with E-state index in [-0.39, 0.29) is 11.5 Å². The number of phenols is 2. The van der Waals surface area contributed by atoms with Gasteiger partial charge in [0.05, 0.1) is 13.4 Å². The second-order valence-electron chi connectivity index (χ2n) is 3.41. The number of hydrogen-bond acceptors (Lipinski definition) is 2. The van der Waals surface area contributed by atoms with E-state index in [0.717, 1.165) is 13.4 Å². The molecule has 0 saturated carbocycles. The van der Waals surface area contributed by atoms with Gasteiger partial charge in [-0.15, -0.1) is 0 Å².